The molecule has 4 heterocycles. The van der Waals surface area contributed by atoms with Gasteiger partial charge < -0.3 is 8.98 Å². The van der Waals surface area contributed by atoms with E-state index in [2.05, 4.69) is 127 Å². The van der Waals surface area contributed by atoms with Gasteiger partial charge in [-0.1, -0.05) is 87.2 Å². The van der Waals surface area contributed by atoms with Crippen LogP contribution < -0.4 is 4.40 Å². The second-order valence-corrected chi connectivity index (χ2v) is 28.6. The molecule has 6 aromatic carbocycles. The first-order valence-electron chi connectivity index (χ1n) is 23.2. The molecule has 7 heteroatoms. The molecule has 327 valence electrons. The van der Waals surface area contributed by atoms with E-state index in [-0.39, 0.29) is 31.9 Å². The summed E-state index contributed by atoms with van der Waals surface area (Å²) in [6.07, 6.45) is 0.341. The van der Waals surface area contributed by atoms with Crippen molar-refractivity contribution in [2.24, 2.45) is 0 Å². The van der Waals surface area contributed by atoms with Gasteiger partial charge in [0.05, 0.1) is 16.9 Å². The van der Waals surface area contributed by atoms with E-state index in [1.165, 1.54) is 22.3 Å². The Labute approximate surface area is 402 Å². The Morgan fingerprint density at radius 1 is 0.692 bits per heavy atom. The van der Waals surface area contributed by atoms with Gasteiger partial charge in [0, 0.05) is 36.9 Å². The van der Waals surface area contributed by atoms with Gasteiger partial charge in [0.15, 0.2) is 5.65 Å². The Kier molecular flexibility index (Phi) is 12.8. The zero-order valence-electron chi connectivity index (χ0n) is 40.2. The normalized spacial score (nSPS) is 12.3. The number of aryl methyl sites for hydroxylation is 1. The van der Waals surface area contributed by atoms with Crippen LogP contribution in [0.15, 0.2) is 162 Å². The molecule has 65 heavy (non-hydrogen) atoms. The molecule has 0 atom stereocenters. The molecule has 0 aliphatic heterocycles. The molecule has 0 saturated carbocycles. The average Bonchev–Trinajstić information content (AvgIpc) is 3.90. The van der Waals surface area contributed by atoms with Gasteiger partial charge in [-0.25, -0.2) is 4.98 Å². The van der Waals surface area contributed by atoms with Gasteiger partial charge in [-0.15, -0.1) is 18.2 Å². The third-order valence-corrected chi connectivity index (χ3v) is 15.9. The van der Waals surface area contributed by atoms with Crippen LogP contribution in [0.3, 0.4) is 0 Å². The van der Waals surface area contributed by atoms with Gasteiger partial charge in [0.25, 0.3) is 0 Å². The van der Waals surface area contributed by atoms with Crippen molar-refractivity contribution in [3.05, 3.63) is 198 Å². The second-order valence-electron chi connectivity index (χ2n) is 18.1. The van der Waals surface area contributed by atoms with Gasteiger partial charge in [0.1, 0.15) is 5.58 Å². The van der Waals surface area contributed by atoms with E-state index in [1.807, 2.05) is 104 Å². The molecule has 0 unspecified atom stereocenters. The number of imidazole rings is 1. The number of rotatable bonds is 9. The van der Waals surface area contributed by atoms with Crippen molar-refractivity contribution in [3.63, 3.8) is 0 Å². The van der Waals surface area contributed by atoms with E-state index < -0.39 is 19.6 Å². The molecular formula is C58H54GeIrN4O-2. The SMILES string of the molecule is Cc1ccc2nc(-c3[c-]ccc4c3oc3ccccc34)n(-c3c(C(C)C)cc(-c4ccccc4)cc3C(C)C)c2n1.[2H]C([2H])(c1ccccc1)c1cc(-c2[c-]cccc2)nc[c]1[Ge]([CH3])([CH3])[CH3].[Ir]. The molecule has 5 nitrogen and oxygen atoms in total. The van der Waals surface area contributed by atoms with Crippen LogP contribution in [-0.4, -0.2) is 32.8 Å². The summed E-state index contributed by atoms with van der Waals surface area (Å²) in [5.74, 6) is 8.15. The van der Waals surface area contributed by atoms with Crippen molar-refractivity contribution in [1.82, 2.24) is 19.5 Å². The van der Waals surface area contributed by atoms with Gasteiger partial charge in [-0.3, -0.25) is 4.98 Å². The number of hydrogen-bond acceptors (Lipinski definition) is 4. The minimum absolute atomic E-state index is 0. The van der Waals surface area contributed by atoms with E-state index >= 15 is 0 Å². The van der Waals surface area contributed by atoms with Crippen LogP contribution in [-0.2, 0) is 26.5 Å². The summed E-state index contributed by atoms with van der Waals surface area (Å²) in [7, 11) is 0. The molecule has 1 radical (unpaired) electrons. The van der Waals surface area contributed by atoms with E-state index in [4.69, 9.17) is 17.1 Å². The summed E-state index contributed by atoms with van der Waals surface area (Å²) in [4.78, 5) is 14.9. The van der Waals surface area contributed by atoms with Crippen LogP contribution in [0.5, 0.6) is 0 Å². The van der Waals surface area contributed by atoms with Crippen molar-refractivity contribution in [2.45, 2.75) is 70.1 Å². The minimum atomic E-state index is -2.30. The summed E-state index contributed by atoms with van der Waals surface area (Å²) < 4.78 is 27.5. The van der Waals surface area contributed by atoms with Crippen LogP contribution in [0.25, 0.3) is 72.6 Å². The van der Waals surface area contributed by atoms with Gasteiger partial charge in [-0.05, 0) is 71.3 Å². The van der Waals surface area contributed by atoms with Crippen LogP contribution in [0, 0.1) is 19.1 Å². The molecular weight excluding hydrogens is 1030 g/mol. The van der Waals surface area contributed by atoms with E-state index in [0.29, 0.717) is 5.56 Å². The fourth-order valence-corrected chi connectivity index (χ4v) is 11.4. The first-order chi connectivity index (χ1) is 31.7. The molecule has 0 aliphatic rings. The van der Waals surface area contributed by atoms with E-state index in [9.17, 15) is 0 Å². The molecule has 0 aliphatic carbocycles. The van der Waals surface area contributed by atoms with E-state index in [0.717, 1.165) is 77.1 Å². The van der Waals surface area contributed by atoms with Gasteiger partial charge in [0.2, 0.25) is 0 Å². The molecule has 0 amide bonds. The summed E-state index contributed by atoms with van der Waals surface area (Å²) in [5.41, 5.74) is 14.3. The summed E-state index contributed by atoms with van der Waals surface area (Å²) in [5, 5.41) is 2.15. The zero-order valence-corrected chi connectivity index (χ0v) is 42.7. The number of aromatic nitrogens is 4. The molecule has 0 bridgehead atoms. The Hall–Kier alpha value is -5.92. The monoisotopic (exact) mass is 1090 g/mol. The standard InChI is InChI=1S/C37H32N3O.C21H22GeN.Ir/c1-22(2)30-20-26(25-12-7-6-8-13-25)21-31(23(3)4)34(30)40-36(39-32-19-18-24(5)38-37(32)40)29-16-11-15-28-27-14-9-10-17-33(27)41-35(28)29;1-22(2,3)20-16-23-21(18-12-8-5-9-13-18)15-19(20)14-17-10-6-4-7-11-17;/h6-15,17-23H,1-5H3;4-12,15-16H,14H2,1-3H3;/q2*-1;/i;14D2;. The molecule has 4 aromatic heterocycles. The van der Waals surface area contributed by atoms with Crippen molar-refractivity contribution in [3.8, 4) is 39.5 Å². The van der Waals surface area contributed by atoms with Crippen LogP contribution in [0.2, 0.25) is 17.3 Å². The van der Waals surface area contributed by atoms with Crippen molar-refractivity contribution in [1.29, 1.82) is 0 Å². The number of nitrogens with zero attached hydrogens (tertiary/aromatic N) is 4. The maximum Gasteiger partial charge on any atom is 0 e. The number of para-hydroxylation sites is 1. The predicted molar refractivity (Wildman–Crippen MR) is 270 cm³/mol. The molecule has 0 N–H and O–H groups in total. The molecule has 0 saturated heterocycles. The van der Waals surface area contributed by atoms with Gasteiger partial charge >= 0.3 is 144 Å². The Morgan fingerprint density at radius 2 is 1.37 bits per heavy atom. The van der Waals surface area contributed by atoms with Crippen LogP contribution in [0.4, 0.5) is 0 Å². The van der Waals surface area contributed by atoms with Crippen LogP contribution >= 0.6 is 0 Å². The Balaban J connectivity index is 0.000000201. The second kappa shape index (κ2) is 19.3. The Morgan fingerprint density at radius 3 is 2.05 bits per heavy atom. The Bertz CT molecular complexity index is 3310. The van der Waals surface area contributed by atoms with Crippen molar-refractivity contribution in [2.75, 3.05) is 0 Å². The first kappa shape index (κ1) is 43.0. The first-order valence-corrected chi connectivity index (χ1v) is 29.5. The summed E-state index contributed by atoms with van der Waals surface area (Å²) in [6.45, 7) is 11.1. The summed E-state index contributed by atoms with van der Waals surface area (Å²) >= 11 is -2.30. The fourth-order valence-electron chi connectivity index (χ4n) is 8.44. The van der Waals surface area contributed by atoms with Crippen molar-refractivity contribution >= 4 is 50.8 Å². The van der Waals surface area contributed by atoms with E-state index in [1.54, 1.807) is 0 Å². The third kappa shape index (κ3) is 9.44. The molecule has 10 aromatic rings. The molecule has 0 spiro atoms. The fraction of sp³-hybridized carbons (Fsp3) is 0.190. The molecule has 0 fully saturated rings. The van der Waals surface area contributed by atoms with Gasteiger partial charge in [-0.2, -0.15) is 0 Å². The quantitative estimate of drug-likeness (QED) is 0.107. The minimum Gasteiger partial charge on any atom is 0 e. The zero-order chi connectivity index (χ0) is 46.3. The topological polar surface area (TPSA) is 56.7 Å². The maximum absolute atomic E-state index is 8.85. The number of pyridine rings is 2. The average molecular weight is 1090 g/mol. The number of benzene rings is 6. The third-order valence-electron chi connectivity index (χ3n) is 11.7. The predicted octanol–water partition coefficient (Wildman–Crippen LogP) is 14.7. The van der Waals surface area contributed by atoms with Crippen molar-refractivity contribution < 1.29 is 27.3 Å². The maximum atomic E-state index is 8.85. The molecule has 10 rings (SSSR count). The number of hydrogen-bond donors (Lipinski definition) is 0. The largest absolute Gasteiger partial charge is 0 e. The summed E-state index contributed by atoms with van der Waals surface area (Å²) in [6, 6.07) is 57.4. The van der Waals surface area contributed by atoms with Crippen LogP contribution in [0.1, 0.15) is 70.2 Å². The number of fused-ring (bicyclic) bond motifs is 4. The smallest absolute Gasteiger partial charge is 0 e. The number of furan rings is 1.